The predicted molar refractivity (Wildman–Crippen MR) is 59.7 cm³/mol. The Hall–Kier alpha value is -0.610. The summed E-state index contributed by atoms with van der Waals surface area (Å²) in [5, 5.41) is 3.37. The zero-order chi connectivity index (χ0) is 11.6. The Morgan fingerprint density at radius 1 is 1.60 bits per heavy atom. The van der Waals surface area contributed by atoms with Gasteiger partial charge in [-0.2, -0.15) is 0 Å². The highest BCUT2D eigenvalue weighted by Crippen LogP contribution is 2.25. The number of amides is 1. The molecule has 0 aromatic rings. The van der Waals surface area contributed by atoms with Crippen LogP contribution in [0.2, 0.25) is 0 Å². The summed E-state index contributed by atoms with van der Waals surface area (Å²) in [7, 11) is 3.55. The van der Waals surface area contributed by atoms with Crippen molar-refractivity contribution in [3.63, 3.8) is 0 Å². The highest BCUT2D eigenvalue weighted by molar-refractivity contribution is 5.81. The van der Waals surface area contributed by atoms with E-state index in [1.165, 1.54) is 0 Å². The van der Waals surface area contributed by atoms with Crippen molar-refractivity contribution in [2.24, 2.45) is 0 Å². The molecule has 15 heavy (non-hydrogen) atoms. The van der Waals surface area contributed by atoms with E-state index in [4.69, 9.17) is 4.74 Å². The molecule has 4 heteroatoms. The number of carbonyl (C=O) groups excluding carboxylic acids is 1. The summed E-state index contributed by atoms with van der Waals surface area (Å²) < 4.78 is 5.52. The van der Waals surface area contributed by atoms with E-state index in [0.29, 0.717) is 0 Å². The van der Waals surface area contributed by atoms with Crippen molar-refractivity contribution in [2.75, 3.05) is 20.7 Å². The van der Waals surface area contributed by atoms with Crippen molar-refractivity contribution < 1.29 is 9.53 Å². The van der Waals surface area contributed by atoms with Crippen LogP contribution in [0.1, 0.15) is 27.2 Å². The minimum absolute atomic E-state index is 0.0783. The first-order valence-corrected chi connectivity index (χ1v) is 5.47. The van der Waals surface area contributed by atoms with Gasteiger partial charge in [-0.05, 0) is 27.2 Å². The van der Waals surface area contributed by atoms with Gasteiger partial charge in [0.05, 0.1) is 12.1 Å². The Morgan fingerprint density at radius 3 is 2.60 bits per heavy atom. The van der Waals surface area contributed by atoms with Gasteiger partial charge in [0.15, 0.2) is 0 Å². The SMILES string of the molecule is CC(NC1(C)CCOC1C)C(=O)N(C)C. The van der Waals surface area contributed by atoms with Crippen LogP contribution >= 0.6 is 0 Å². The Balaban J connectivity index is 2.57. The molecule has 1 aliphatic rings. The molecule has 3 atom stereocenters. The molecule has 1 heterocycles. The smallest absolute Gasteiger partial charge is 0.238 e. The molecule has 1 fully saturated rings. The summed E-state index contributed by atoms with van der Waals surface area (Å²) in [6.45, 7) is 6.84. The fraction of sp³-hybridized carbons (Fsp3) is 0.909. The largest absolute Gasteiger partial charge is 0.377 e. The summed E-state index contributed by atoms with van der Waals surface area (Å²) in [5.41, 5.74) is -0.0783. The summed E-state index contributed by atoms with van der Waals surface area (Å²) in [4.78, 5) is 13.3. The lowest BCUT2D eigenvalue weighted by molar-refractivity contribution is -0.131. The van der Waals surface area contributed by atoms with E-state index in [9.17, 15) is 4.79 Å². The summed E-state index contributed by atoms with van der Waals surface area (Å²) in [5.74, 6) is 0.107. The second-order valence-electron chi connectivity index (χ2n) is 4.78. The molecule has 1 N–H and O–H groups in total. The number of carbonyl (C=O) groups is 1. The molecule has 1 saturated heterocycles. The van der Waals surface area contributed by atoms with E-state index in [2.05, 4.69) is 12.2 Å². The Bertz CT molecular complexity index is 243. The summed E-state index contributed by atoms with van der Waals surface area (Å²) >= 11 is 0. The normalized spacial score (nSPS) is 32.7. The van der Waals surface area contributed by atoms with Gasteiger partial charge in [-0.15, -0.1) is 0 Å². The van der Waals surface area contributed by atoms with E-state index in [-0.39, 0.29) is 23.6 Å². The molecule has 1 aliphatic heterocycles. The maximum atomic E-state index is 11.7. The van der Waals surface area contributed by atoms with Crippen molar-refractivity contribution in [3.05, 3.63) is 0 Å². The zero-order valence-electron chi connectivity index (χ0n) is 10.3. The lowest BCUT2D eigenvalue weighted by Gasteiger charge is -2.32. The Kier molecular flexibility index (Phi) is 3.73. The summed E-state index contributed by atoms with van der Waals surface area (Å²) in [6.07, 6.45) is 1.12. The van der Waals surface area contributed by atoms with Crippen molar-refractivity contribution in [3.8, 4) is 0 Å². The van der Waals surface area contributed by atoms with Crippen LogP contribution in [0.15, 0.2) is 0 Å². The molecule has 0 bridgehead atoms. The van der Waals surface area contributed by atoms with Crippen LogP contribution in [0.5, 0.6) is 0 Å². The lowest BCUT2D eigenvalue weighted by Crippen LogP contribution is -2.55. The van der Waals surface area contributed by atoms with Crippen LogP contribution in [-0.4, -0.2) is 49.2 Å². The number of likely N-dealkylation sites (N-methyl/N-ethyl adjacent to an activating group) is 1. The fourth-order valence-electron chi connectivity index (χ4n) is 1.97. The molecular weight excluding hydrogens is 192 g/mol. The second kappa shape index (κ2) is 4.49. The molecule has 0 radical (unpaired) electrons. The van der Waals surface area contributed by atoms with Gasteiger partial charge in [-0.1, -0.05) is 0 Å². The quantitative estimate of drug-likeness (QED) is 0.749. The second-order valence-corrected chi connectivity index (χ2v) is 4.78. The van der Waals surface area contributed by atoms with E-state index >= 15 is 0 Å². The van der Waals surface area contributed by atoms with Gasteiger partial charge in [0.1, 0.15) is 0 Å². The molecular formula is C11H22N2O2. The number of hydrogen-bond donors (Lipinski definition) is 1. The molecule has 1 rings (SSSR count). The van der Waals surface area contributed by atoms with Gasteiger partial charge >= 0.3 is 0 Å². The third-order valence-electron chi connectivity index (χ3n) is 3.24. The summed E-state index contributed by atoms with van der Waals surface area (Å²) in [6, 6.07) is -0.158. The fourth-order valence-corrected chi connectivity index (χ4v) is 1.97. The topological polar surface area (TPSA) is 41.6 Å². The number of nitrogens with zero attached hydrogens (tertiary/aromatic N) is 1. The van der Waals surface area contributed by atoms with E-state index in [0.717, 1.165) is 13.0 Å². The molecule has 1 amide bonds. The van der Waals surface area contributed by atoms with Gasteiger partial charge in [-0.3, -0.25) is 10.1 Å². The number of hydrogen-bond acceptors (Lipinski definition) is 3. The average molecular weight is 214 g/mol. The standard InChI is InChI=1S/C11H22N2O2/c1-8(10(14)13(4)5)12-11(3)6-7-15-9(11)2/h8-9,12H,6-7H2,1-5H3. The minimum atomic E-state index is -0.158. The number of rotatable bonds is 3. The minimum Gasteiger partial charge on any atom is -0.377 e. The van der Waals surface area contributed by atoms with Crippen molar-refractivity contribution in [1.82, 2.24) is 10.2 Å². The molecule has 0 aromatic carbocycles. The predicted octanol–water partition coefficient (Wildman–Crippen LogP) is 0.620. The maximum absolute atomic E-state index is 11.7. The number of ether oxygens (including phenoxy) is 1. The van der Waals surface area contributed by atoms with Crippen LogP contribution < -0.4 is 5.32 Å². The third kappa shape index (κ3) is 2.69. The molecule has 0 aromatic heterocycles. The molecule has 3 unspecified atom stereocenters. The van der Waals surface area contributed by atoms with E-state index < -0.39 is 0 Å². The highest BCUT2D eigenvalue weighted by Gasteiger charge is 2.38. The first-order chi connectivity index (χ1) is 6.87. The lowest BCUT2D eigenvalue weighted by atomic mass is 9.93. The van der Waals surface area contributed by atoms with E-state index in [1.807, 2.05) is 13.8 Å². The van der Waals surface area contributed by atoms with E-state index in [1.54, 1.807) is 19.0 Å². The van der Waals surface area contributed by atoms with Crippen LogP contribution in [0.3, 0.4) is 0 Å². The van der Waals surface area contributed by atoms with Crippen LogP contribution in [0.25, 0.3) is 0 Å². The molecule has 0 spiro atoms. The van der Waals surface area contributed by atoms with Crippen LogP contribution in [0, 0.1) is 0 Å². The maximum Gasteiger partial charge on any atom is 0.238 e. The highest BCUT2D eigenvalue weighted by atomic mass is 16.5. The van der Waals surface area contributed by atoms with Gasteiger partial charge in [0.25, 0.3) is 0 Å². The average Bonchev–Trinajstić information content (AvgIpc) is 2.45. The first kappa shape index (κ1) is 12.5. The molecule has 0 saturated carbocycles. The molecule has 4 nitrogen and oxygen atoms in total. The monoisotopic (exact) mass is 214 g/mol. The molecule has 0 aliphatic carbocycles. The van der Waals surface area contributed by atoms with Gasteiger partial charge < -0.3 is 9.64 Å². The third-order valence-corrected chi connectivity index (χ3v) is 3.24. The Morgan fingerprint density at radius 2 is 2.20 bits per heavy atom. The molecule has 88 valence electrons. The van der Waals surface area contributed by atoms with Gasteiger partial charge in [-0.25, -0.2) is 0 Å². The van der Waals surface area contributed by atoms with Crippen molar-refractivity contribution in [2.45, 2.75) is 44.9 Å². The Labute approximate surface area is 92.0 Å². The van der Waals surface area contributed by atoms with Crippen molar-refractivity contribution >= 4 is 5.91 Å². The van der Waals surface area contributed by atoms with Gasteiger partial charge in [0.2, 0.25) is 5.91 Å². The number of nitrogens with one attached hydrogen (secondary N) is 1. The first-order valence-electron chi connectivity index (χ1n) is 5.47. The van der Waals surface area contributed by atoms with Crippen LogP contribution in [-0.2, 0) is 9.53 Å². The zero-order valence-corrected chi connectivity index (χ0v) is 10.3. The van der Waals surface area contributed by atoms with Crippen molar-refractivity contribution in [1.29, 1.82) is 0 Å². The van der Waals surface area contributed by atoms with Crippen LogP contribution in [0.4, 0.5) is 0 Å². The van der Waals surface area contributed by atoms with Gasteiger partial charge in [0, 0.05) is 26.2 Å².